The topological polar surface area (TPSA) is 102 Å². The molecule has 1 heterocycles. The van der Waals surface area contributed by atoms with Crippen molar-refractivity contribution in [3.8, 4) is 0 Å². The zero-order valence-corrected chi connectivity index (χ0v) is 17.6. The Balaban J connectivity index is 1.65. The lowest BCUT2D eigenvalue weighted by Gasteiger charge is -2.22. The molecule has 164 valence electrons. The Bertz CT molecular complexity index is 924. The first-order chi connectivity index (χ1) is 15.0. The fourth-order valence-electron chi connectivity index (χ4n) is 3.59. The molecule has 8 heteroatoms. The molecule has 3 rings (SSSR count). The van der Waals surface area contributed by atoms with Gasteiger partial charge in [0.25, 0.3) is 11.6 Å². The van der Waals surface area contributed by atoms with Crippen LogP contribution in [0.2, 0.25) is 0 Å². The standard InChI is InChI=1S/C23H27N3O5/c1-17(22(27)24-16-18-9-5-4-6-10-18)31-23(28)19-11-12-20(21(15-19)26(29)30)25-13-7-2-3-8-14-25/h4-6,9-12,15,17H,2-3,7-8,13-14,16H2,1H3,(H,24,27)/t17-/m1/s1. The summed E-state index contributed by atoms with van der Waals surface area (Å²) in [6, 6.07) is 13.7. The molecule has 8 nitrogen and oxygen atoms in total. The van der Waals surface area contributed by atoms with E-state index in [1.807, 2.05) is 35.2 Å². The van der Waals surface area contributed by atoms with Gasteiger partial charge in [-0.2, -0.15) is 0 Å². The number of hydrogen-bond acceptors (Lipinski definition) is 6. The first kappa shape index (κ1) is 22.3. The molecule has 0 saturated carbocycles. The number of esters is 1. The number of hydrogen-bond donors (Lipinski definition) is 1. The van der Waals surface area contributed by atoms with Crippen LogP contribution < -0.4 is 10.2 Å². The van der Waals surface area contributed by atoms with E-state index < -0.39 is 22.9 Å². The summed E-state index contributed by atoms with van der Waals surface area (Å²) < 4.78 is 5.24. The van der Waals surface area contributed by atoms with Crippen molar-refractivity contribution in [1.29, 1.82) is 0 Å². The Morgan fingerprint density at radius 3 is 2.42 bits per heavy atom. The quantitative estimate of drug-likeness (QED) is 0.411. The molecule has 0 bridgehead atoms. The maximum Gasteiger partial charge on any atom is 0.339 e. The molecule has 0 spiro atoms. The van der Waals surface area contributed by atoms with Gasteiger partial charge >= 0.3 is 5.97 Å². The van der Waals surface area contributed by atoms with Gasteiger partial charge in [-0.3, -0.25) is 14.9 Å². The number of carbonyl (C=O) groups excluding carboxylic acids is 2. The summed E-state index contributed by atoms with van der Waals surface area (Å²) >= 11 is 0. The Morgan fingerprint density at radius 2 is 1.77 bits per heavy atom. The van der Waals surface area contributed by atoms with Crippen molar-refractivity contribution in [3.63, 3.8) is 0 Å². The van der Waals surface area contributed by atoms with Gasteiger partial charge in [0.2, 0.25) is 0 Å². The average Bonchev–Trinajstić information content (AvgIpc) is 3.07. The third-order valence-electron chi connectivity index (χ3n) is 5.32. The van der Waals surface area contributed by atoms with Crippen molar-refractivity contribution < 1.29 is 19.2 Å². The highest BCUT2D eigenvalue weighted by Crippen LogP contribution is 2.31. The Hall–Kier alpha value is -3.42. The minimum atomic E-state index is -1.03. The Kier molecular flexibility index (Phi) is 7.59. The Labute approximate surface area is 181 Å². The van der Waals surface area contributed by atoms with Gasteiger partial charge in [-0.15, -0.1) is 0 Å². The number of carbonyl (C=O) groups is 2. The van der Waals surface area contributed by atoms with E-state index in [1.54, 1.807) is 6.07 Å². The molecule has 1 aliphatic heterocycles. The molecular formula is C23H27N3O5. The lowest BCUT2D eigenvalue weighted by Crippen LogP contribution is -2.35. The van der Waals surface area contributed by atoms with E-state index in [-0.39, 0.29) is 11.3 Å². The maximum atomic E-state index is 12.5. The third-order valence-corrected chi connectivity index (χ3v) is 5.32. The highest BCUT2D eigenvalue weighted by molar-refractivity contribution is 5.93. The van der Waals surface area contributed by atoms with E-state index in [0.29, 0.717) is 12.2 Å². The molecular weight excluding hydrogens is 398 g/mol. The van der Waals surface area contributed by atoms with Gasteiger partial charge in [-0.1, -0.05) is 43.2 Å². The molecule has 0 unspecified atom stereocenters. The second kappa shape index (κ2) is 10.6. The number of nitro benzene ring substituents is 1. The van der Waals surface area contributed by atoms with Crippen molar-refractivity contribution in [2.75, 3.05) is 18.0 Å². The van der Waals surface area contributed by atoms with Crippen molar-refractivity contribution >= 4 is 23.3 Å². The monoisotopic (exact) mass is 425 g/mol. The summed E-state index contributed by atoms with van der Waals surface area (Å²) in [5.41, 5.74) is 1.36. The number of nitrogens with zero attached hydrogens (tertiary/aromatic N) is 2. The molecule has 1 aliphatic rings. The predicted molar refractivity (Wildman–Crippen MR) is 117 cm³/mol. The van der Waals surface area contributed by atoms with Crippen LogP contribution in [0, 0.1) is 10.1 Å². The smallest absolute Gasteiger partial charge is 0.339 e. The molecule has 1 fully saturated rings. The number of nitro groups is 1. The summed E-state index contributed by atoms with van der Waals surface area (Å²) in [6.45, 7) is 3.29. The molecule has 0 radical (unpaired) electrons. The molecule has 1 saturated heterocycles. The van der Waals surface area contributed by atoms with Crippen LogP contribution in [-0.4, -0.2) is 36.0 Å². The van der Waals surface area contributed by atoms with Crippen molar-refractivity contribution in [2.45, 2.75) is 45.3 Å². The summed E-state index contributed by atoms with van der Waals surface area (Å²) in [5, 5.41) is 14.4. The van der Waals surface area contributed by atoms with Gasteiger partial charge in [0, 0.05) is 25.7 Å². The van der Waals surface area contributed by atoms with Crippen molar-refractivity contribution in [3.05, 3.63) is 69.8 Å². The minimum Gasteiger partial charge on any atom is -0.449 e. The molecule has 1 amide bonds. The molecule has 0 aliphatic carbocycles. The minimum absolute atomic E-state index is 0.0491. The maximum absolute atomic E-state index is 12.5. The van der Waals surface area contributed by atoms with Crippen LogP contribution in [0.4, 0.5) is 11.4 Å². The van der Waals surface area contributed by atoms with Crippen LogP contribution in [0.5, 0.6) is 0 Å². The van der Waals surface area contributed by atoms with Crippen LogP contribution >= 0.6 is 0 Å². The van der Waals surface area contributed by atoms with E-state index >= 15 is 0 Å². The summed E-state index contributed by atoms with van der Waals surface area (Å²) in [5.74, 6) is -1.21. The molecule has 2 aromatic carbocycles. The number of anilines is 1. The summed E-state index contributed by atoms with van der Waals surface area (Å²) in [6.07, 6.45) is 3.16. The largest absolute Gasteiger partial charge is 0.449 e. The highest BCUT2D eigenvalue weighted by Gasteiger charge is 2.25. The van der Waals surface area contributed by atoms with E-state index in [1.165, 1.54) is 19.1 Å². The number of benzene rings is 2. The Morgan fingerprint density at radius 1 is 1.10 bits per heavy atom. The molecule has 1 N–H and O–H groups in total. The molecule has 2 aromatic rings. The number of amides is 1. The van der Waals surface area contributed by atoms with Gasteiger partial charge in [0.1, 0.15) is 5.69 Å². The zero-order chi connectivity index (χ0) is 22.2. The number of ether oxygens (including phenoxy) is 1. The van der Waals surface area contributed by atoms with Gasteiger partial charge in [0.15, 0.2) is 6.10 Å². The van der Waals surface area contributed by atoms with Crippen LogP contribution in [0.25, 0.3) is 0 Å². The zero-order valence-electron chi connectivity index (χ0n) is 17.6. The average molecular weight is 425 g/mol. The fraction of sp³-hybridized carbons (Fsp3) is 0.391. The van der Waals surface area contributed by atoms with E-state index in [0.717, 1.165) is 44.3 Å². The molecule has 1 atom stereocenters. The number of rotatable bonds is 7. The van der Waals surface area contributed by atoms with Crippen LogP contribution in [-0.2, 0) is 16.1 Å². The van der Waals surface area contributed by atoms with Gasteiger partial charge in [0.05, 0.1) is 10.5 Å². The summed E-state index contributed by atoms with van der Waals surface area (Å²) in [4.78, 5) is 37.9. The van der Waals surface area contributed by atoms with Crippen LogP contribution in [0.15, 0.2) is 48.5 Å². The van der Waals surface area contributed by atoms with E-state index in [4.69, 9.17) is 4.74 Å². The second-order valence-electron chi connectivity index (χ2n) is 7.61. The lowest BCUT2D eigenvalue weighted by atomic mass is 10.1. The van der Waals surface area contributed by atoms with E-state index in [9.17, 15) is 19.7 Å². The summed E-state index contributed by atoms with van der Waals surface area (Å²) in [7, 11) is 0. The van der Waals surface area contributed by atoms with Crippen molar-refractivity contribution in [2.24, 2.45) is 0 Å². The highest BCUT2D eigenvalue weighted by atomic mass is 16.6. The predicted octanol–water partition coefficient (Wildman–Crippen LogP) is 3.84. The number of nitrogens with one attached hydrogen (secondary N) is 1. The van der Waals surface area contributed by atoms with E-state index in [2.05, 4.69) is 5.32 Å². The first-order valence-electron chi connectivity index (χ1n) is 10.5. The van der Waals surface area contributed by atoms with Crippen LogP contribution in [0.1, 0.15) is 48.5 Å². The van der Waals surface area contributed by atoms with Gasteiger partial charge < -0.3 is 15.0 Å². The first-order valence-corrected chi connectivity index (χ1v) is 10.5. The second-order valence-corrected chi connectivity index (χ2v) is 7.61. The molecule has 0 aromatic heterocycles. The third kappa shape index (κ3) is 6.04. The SMILES string of the molecule is C[C@@H](OC(=O)c1ccc(N2CCCCCC2)c([N+](=O)[O-])c1)C(=O)NCc1ccccc1. The molecule has 31 heavy (non-hydrogen) atoms. The van der Waals surface area contributed by atoms with Gasteiger partial charge in [-0.05, 0) is 37.5 Å². The normalized spacial score (nSPS) is 14.9. The van der Waals surface area contributed by atoms with Gasteiger partial charge in [-0.25, -0.2) is 4.79 Å². The lowest BCUT2D eigenvalue weighted by molar-refractivity contribution is -0.384. The fourth-order valence-corrected chi connectivity index (χ4v) is 3.59. The van der Waals surface area contributed by atoms with Crippen molar-refractivity contribution in [1.82, 2.24) is 5.32 Å². The van der Waals surface area contributed by atoms with Crippen LogP contribution in [0.3, 0.4) is 0 Å².